The molecule has 2 heterocycles. The average molecular weight is 268 g/mol. The van der Waals surface area contributed by atoms with Crippen LogP contribution in [0.25, 0.3) is 0 Å². The van der Waals surface area contributed by atoms with E-state index in [9.17, 15) is 9.59 Å². The van der Waals surface area contributed by atoms with Gasteiger partial charge in [0.05, 0.1) is 12.5 Å². The summed E-state index contributed by atoms with van der Waals surface area (Å²) in [6.07, 6.45) is 0.862. The Hall–Kier alpha value is -1.14. The number of likely N-dealkylation sites (tertiary alicyclic amines) is 1. The molecule has 2 fully saturated rings. The lowest BCUT2D eigenvalue weighted by Crippen LogP contribution is -2.49. The highest BCUT2D eigenvalue weighted by Crippen LogP contribution is 2.16. The molecule has 2 amide bonds. The maximum Gasteiger partial charge on any atom is 0.236 e. The Morgan fingerprint density at radius 2 is 2.00 bits per heavy atom. The van der Waals surface area contributed by atoms with E-state index in [1.165, 1.54) is 0 Å². The van der Waals surface area contributed by atoms with Crippen molar-refractivity contribution in [2.24, 2.45) is 5.92 Å². The molecule has 0 radical (unpaired) electrons. The van der Waals surface area contributed by atoms with Crippen molar-refractivity contribution < 1.29 is 9.59 Å². The highest BCUT2D eigenvalue weighted by molar-refractivity contribution is 5.80. The van der Waals surface area contributed by atoms with Crippen LogP contribution < -0.4 is 10.6 Å². The number of rotatable bonds is 4. The second-order valence-electron chi connectivity index (χ2n) is 5.25. The molecule has 2 aliphatic heterocycles. The van der Waals surface area contributed by atoms with Crippen LogP contribution in [0.4, 0.5) is 0 Å². The van der Waals surface area contributed by atoms with Gasteiger partial charge in [-0.2, -0.15) is 0 Å². The normalized spacial score (nSPS) is 24.5. The van der Waals surface area contributed by atoms with Gasteiger partial charge in [0.2, 0.25) is 11.8 Å². The molecule has 0 spiro atoms. The largest absolute Gasteiger partial charge is 0.356 e. The molecule has 0 saturated carbocycles. The van der Waals surface area contributed by atoms with Crippen LogP contribution in [0.5, 0.6) is 0 Å². The first-order chi connectivity index (χ1) is 9.20. The lowest BCUT2D eigenvalue weighted by molar-refractivity contribution is -0.133. The zero-order chi connectivity index (χ0) is 13.7. The Kier molecular flexibility index (Phi) is 5.15. The number of carbonyl (C=O) groups excluding carboxylic acids is 2. The Bertz CT molecular complexity index is 329. The van der Waals surface area contributed by atoms with Gasteiger partial charge in [0.25, 0.3) is 0 Å². The number of nitrogens with zero attached hydrogens (tertiary/aromatic N) is 2. The van der Waals surface area contributed by atoms with E-state index < -0.39 is 0 Å². The maximum absolute atomic E-state index is 12.1. The van der Waals surface area contributed by atoms with Gasteiger partial charge in [-0.3, -0.25) is 14.5 Å². The van der Waals surface area contributed by atoms with Gasteiger partial charge in [-0.25, -0.2) is 0 Å². The summed E-state index contributed by atoms with van der Waals surface area (Å²) in [7, 11) is 0. The van der Waals surface area contributed by atoms with E-state index in [0.29, 0.717) is 19.6 Å². The summed E-state index contributed by atoms with van der Waals surface area (Å²) >= 11 is 0. The van der Waals surface area contributed by atoms with Crippen LogP contribution in [-0.4, -0.2) is 74.0 Å². The van der Waals surface area contributed by atoms with E-state index in [2.05, 4.69) is 15.5 Å². The first-order valence-corrected chi connectivity index (χ1v) is 7.19. The second-order valence-corrected chi connectivity index (χ2v) is 5.25. The molecule has 0 aromatic carbocycles. The van der Waals surface area contributed by atoms with E-state index in [1.54, 1.807) is 0 Å². The molecule has 2 rings (SSSR count). The quantitative estimate of drug-likeness (QED) is 0.678. The summed E-state index contributed by atoms with van der Waals surface area (Å²) in [6.45, 7) is 7.98. The monoisotopic (exact) mass is 268 g/mol. The molecule has 0 aliphatic carbocycles. The Balaban J connectivity index is 1.75. The Labute approximate surface area is 114 Å². The van der Waals surface area contributed by atoms with Crippen molar-refractivity contribution in [1.82, 2.24) is 20.4 Å². The molecule has 19 heavy (non-hydrogen) atoms. The molecule has 0 aromatic heterocycles. The summed E-state index contributed by atoms with van der Waals surface area (Å²) < 4.78 is 0. The summed E-state index contributed by atoms with van der Waals surface area (Å²) in [5.41, 5.74) is 0. The molecular formula is C13H24N4O2. The fourth-order valence-corrected chi connectivity index (χ4v) is 2.71. The van der Waals surface area contributed by atoms with Crippen LogP contribution in [0.3, 0.4) is 0 Å². The fourth-order valence-electron chi connectivity index (χ4n) is 2.71. The van der Waals surface area contributed by atoms with Gasteiger partial charge in [0, 0.05) is 39.3 Å². The predicted molar refractivity (Wildman–Crippen MR) is 72.7 cm³/mol. The number of amides is 2. The number of piperazine rings is 1. The van der Waals surface area contributed by atoms with E-state index in [0.717, 1.165) is 39.1 Å². The predicted octanol–water partition coefficient (Wildman–Crippen LogP) is -1.12. The molecule has 0 aromatic rings. The van der Waals surface area contributed by atoms with E-state index in [1.807, 2.05) is 11.8 Å². The van der Waals surface area contributed by atoms with Gasteiger partial charge in [-0.15, -0.1) is 0 Å². The highest BCUT2D eigenvalue weighted by Gasteiger charge is 2.30. The minimum Gasteiger partial charge on any atom is -0.356 e. The Morgan fingerprint density at radius 1 is 1.26 bits per heavy atom. The third-order valence-electron chi connectivity index (χ3n) is 3.82. The molecule has 108 valence electrons. The SMILES string of the molecule is CCNC(=O)[C@@H]1CCN(CC(=O)N2CCNCC2)C1. The van der Waals surface area contributed by atoms with Crippen molar-refractivity contribution in [3.05, 3.63) is 0 Å². The van der Waals surface area contributed by atoms with Crippen LogP contribution in [0.15, 0.2) is 0 Å². The van der Waals surface area contributed by atoms with Crippen LogP contribution >= 0.6 is 0 Å². The van der Waals surface area contributed by atoms with Crippen LogP contribution in [0.2, 0.25) is 0 Å². The molecule has 0 unspecified atom stereocenters. The van der Waals surface area contributed by atoms with Gasteiger partial charge in [0.1, 0.15) is 0 Å². The molecular weight excluding hydrogens is 244 g/mol. The van der Waals surface area contributed by atoms with Gasteiger partial charge in [-0.1, -0.05) is 0 Å². The lowest BCUT2D eigenvalue weighted by Gasteiger charge is -2.29. The Morgan fingerprint density at radius 3 is 2.68 bits per heavy atom. The van der Waals surface area contributed by atoms with Gasteiger partial charge < -0.3 is 15.5 Å². The zero-order valence-electron chi connectivity index (χ0n) is 11.7. The van der Waals surface area contributed by atoms with Crippen LogP contribution in [0, 0.1) is 5.92 Å². The summed E-state index contributed by atoms with van der Waals surface area (Å²) in [5.74, 6) is 0.369. The molecule has 1 atom stereocenters. The van der Waals surface area contributed by atoms with Crippen LogP contribution in [0.1, 0.15) is 13.3 Å². The van der Waals surface area contributed by atoms with Gasteiger partial charge >= 0.3 is 0 Å². The summed E-state index contributed by atoms with van der Waals surface area (Å²) in [6, 6.07) is 0. The number of hydrogen-bond acceptors (Lipinski definition) is 4. The smallest absolute Gasteiger partial charge is 0.236 e. The molecule has 2 N–H and O–H groups in total. The number of carbonyl (C=O) groups is 2. The first-order valence-electron chi connectivity index (χ1n) is 7.19. The van der Waals surface area contributed by atoms with Crippen molar-refractivity contribution >= 4 is 11.8 Å². The standard InChI is InChI=1S/C13H24N4O2/c1-2-15-13(19)11-3-6-16(9-11)10-12(18)17-7-4-14-5-8-17/h11,14H,2-10H2,1H3,(H,15,19)/t11-/m1/s1. The van der Waals surface area contributed by atoms with Crippen molar-refractivity contribution in [3.8, 4) is 0 Å². The maximum atomic E-state index is 12.1. The topological polar surface area (TPSA) is 64.7 Å². The first kappa shape index (κ1) is 14.3. The third kappa shape index (κ3) is 3.91. The molecule has 0 bridgehead atoms. The number of nitrogens with one attached hydrogen (secondary N) is 2. The molecule has 6 nitrogen and oxygen atoms in total. The molecule has 2 saturated heterocycles. The average Bonchev–Trinajstić information content (AvgIpc) is 2.88. The summed E-state index contributed by atoms with van der Waals surface area (Å²) in [4.78, 5) is 27.9. The lowest BCUT2D eigenvalue weighted by atomic mass is 10.1. The third-order valence-corrected chi connectivity index (χ3v) is 3.82. The van der Waals surface area contributed by atoms with Gasteiger partial charge in [0.15, 0.2) is 0 Å². The van der Waals surface area contributed by atoms with Crippen molar-refractivity contribution in [2.45, 2.75) is 13.3 Å². The number of hydrogen-bond donors (Lipinski definition) is 2. The van der Waals surface area contributed by atoms with Crippen molar-refractivity contribution in [3.63, 3.8) is 0 Å². The molecule has 2 aliphatic rings. The van der Waals surface area contributed by atoms with E-state index >= 15 is 0 Å². The van der Waals surface area contributed by atoms with E-state index in [-0.39, 0.29) is 17.7 Å². The van der Waals surface area contributed by atoms with Gasteiger partial charge in [-0.05, 0) is 19.9 Å². The van der Waals surface area contributed by atoms with Crippen molar-refractivity contribution in [1.29, 1.82) is 0 Å². The summed E-state index contributed by atoms with van der Waals surface area (Å²) in [5, 5.41) is 6.09. The van der Waals surface area contributed by atoms with E-state index in [4.69, 9.17) is 0 Å². The van der Waals surface area contributed by atoms with Crippen LogP contribution in [-0.2, 0) is 9.59 Å². The zero-order valence-corrected chi connectivity index (χ0v) is 11.7. The highest BCUT2D eigenvalue weighted by atomic mass is 16.2. The minimum atomic E-state index is 0.0516. The van der Waals surface area contributed by atoms with Crippen molar-refractivity contribution in [2.75, 3.05) is 52.4 Å². The molecule has 6 heteroatoms. The minimum absolute atomic E-state index is 0.0516. The second kappa shape index (κ2) is 6.86. The fraction of sp³-hybridized carbons (Fsp3) is 0.846.